The predicted octanol–water partition coefficient (Wildman–Crippen LogP) is 0.266. The highest BCUT2D eigenvalue weighted by molar-refractivity contribution is 5.97. The summed E-state index contributed by atoms with van der Waals surface area (Å²) in [6.45, 7) is 2.38. The third-order valence-corrected chi connectivity index (χ3v) is 2.45. The van der Waals surface area contributed by atoms with Gasteiger partial charge in [-0.2, -0.15) is 0 Å². The fourth-order valence-corrected chi connectivity index (χ4v) is 1.25. The molecule has 0 aliphatic heterocycles. The lowest BCUT2D eigenvalue weighted by Gasteiger charge is -2.18. The lowest BCUT2D eigenvalue weighted by Crippen LogP contribution is -2.46. The summed E-state index contributed by atoms with van der Waals surface area (Å²) < 4.78 is 0. The number of rotatable bonds is 4. The second-order valence-corrected chi connectivity index (χ2v) is 4.28. The number of hydrogen-bond acceptors (Lipinski definition) is 4. The zero-order valence-corrected chi connectivity index (χ0v) is 10.1. The Morgan fingerprint density at radius 3 is 2.56 bits per heavy atom. The van der Waals surface area contributed by atoms with Crippen LogP contribution in [-0.4, -0.2) is 39.3 Å². The Morgan fingerprint density at radius 2 is 2.00 bits per heavy atom. The van der Waals surface area contributed by atoms with Crippen molar-refractivity contribution in [1.82, 2.24) is 5.32 Å². The minimum absolute atomic E-state index is 0.0381. The molecule has 0 saturated carbocycles. The summed E-state index contributed by atoms with van der Waals surface area (Å²) in [6, 6.07) is 4.49. The van der Waals surface area contributed by atoms with Crippen LogP contribution in [-0.2, 0) is 4.79 Å². The molecule has 98 valence electrons. The summed E-state index contributed by atoms with van der Waals surface area (Å²) >= 11 is 0. The highest BCUT2D eigenvalue weighted by atomic mass is 16.4. The van der Waals surface area contributed by atoms with E-state index in [4.69, 9.17) is 5.11 Å². The Labute approximate surface area is 104 Å². The molecule has 6 heteroatoms. The molecular weight excluding hydrogens is 238 g/mol. The molecule has 1 unspecified atom stereocenters. The Balaban J connectivity index is 2.78. The normalized spacial score (nSPS) is 13.7. The van der Waals surface area contributed by atoms with E-state index < -0.39 is 24.0 Å². The minimum Gasteiger partial charge on any atom is -0.507 e. The van der Waals surface area contributed by atoms with Gasteiger partial charge in [0.05, 0.1) is 12.1 Å². The highest BCUT2D eigenvalue weighted by Gasteiger charge is 2.30. The Kier molecular flexibility index (Phi) is 3.93. The van der Waals surface area contributed by atoms with E-state index in [1.165, 1.54) is 12.1 Å². The van der Waals surface area contributed by atoms with Crippen LogP contribution in [0.1, 0.15) is 22.8 Å². The number of carboxylic acids is 1. The number of benzene rings is 1. The van der Waals surface area contributed by atoms with Gasteiger partial charge in [-0.15, -0.1) is 0 Å². The van der Waals surface area contributed by atoms with Gasteiger partial charge in [-0.3, -0.25) is 4.79 Å². The van der Waals surface area contributed by atoms with E-state index >= 15 is 0 Å². The maximum absolute atomic E-state index is 11.7. The quantitative estimate of drug-likeness (QED) is 0.616. The molecule has 0 aromatic heterocycles. The maximum Gasteiger partial charge on any atom is 0.337 e. The molecule has 4 N–H and O–H groups in total. The predicted molar refractivity (Wildman–Crippen MR) is 63.4 cm³/mol. The molecule has 0 heterocycles. The fourth-order valence-electron chi connectivity index (χ4n) is 1.25. The van der Waals surface area contributed by atoms with Crippen molar-refractivity contribution in [3.8, 4) is 5.75 Å². The average molecular weight is 253 g/mol. The van der Waals surface area contributed by atoms with Gasteiger partial charge in [-0.05, 0) is 26.0 Å². The highest BCUT2D eigenvalue weighted by Crippen LogP contribution is 2.18. The third-order valence-electron chi connectivity index (χ3n) is 2.45. The number of carboxylic acid groups (broad SMARTS) is 1. The standard InChI is InChI=1S/C12H15NO5/c1-7-3-4-9(14)8(5-7)10(15)13-6-12(2,18)11(16)17/h3-5,14,18H,6H2,1-2H3,(H,13,15)(H,16,17). The first-order valence-electron chi connectivity index (χ1n) is 5.27. The van der Waals surface area contributed by atoms with Crippen LogP contribution in [0.2, 0.25) is 0 Å². The van der Waals surface area contributed by atoms with Gasteiger partial charge in [0.2, 0.25) is 0 Å². The summed E-state index contributed by atoms with van der Waals surface area (Å²) in [7, 11) is 0. The van der Waals surface area contributed by atoms with Gasteiger partial charge in [0, 0.05) is 0 Å². The number of carbonyl (C=O) groups is 2. The SMILES string of the molecule is Cc1ccc(O)c(C(=O)NCC(C)(O)C(=O)O)c1. The van der Waals surface area contributed by atoms with E-state index in [1.807, 2.05) is 0 Å². The Hall–Kier alpha value is -2.08. The molecule has 1 aromatic rings. The first-order valence-corrected chi connectivity index (χ1v) is 5.27. The fraction of sp³-hybridized carbons (Fsp3) is 0.333. The van der Waals surface area contributed by atoms with Crippen molar-refractivity contribution in [1.29, 1.82) is 0 Å². The maximum atomic E-state index is 11.7. The number of aromatic hydroxyl groups is 1. The lowest BCUT2D eigenvalue weighted by atomic mass is 10.1. The van der Waals surface area contributed by atoms with Crippen LogP contribution in [0.15, 0.2) is 18.2 Å². The minimum atomic E-state index is -2.05. The van der Waals surface area contributed by atoms with Gasteiger partial charge in [-0.25, -0.2) is 4.79 Å². The molecule has 0 spiro atoms. The summed E-state index contributed by atoms with van der Waals surface area (Å²) in [5.74, 6) is -2.28. The molecule has 1 atom stereocenters. The molecule has 0 aliphatic carbocycles. The van der Waals surface area contributed by atoms with E-state index in [9.17, 15) is 19.8 Å². The molecule has 0 aliphatic rings. The van der Waals surface area contributed by atoms with Crippen LogP contribution >= 0.6 is 0 Å². The molecule has 6 nitrogen and oxygen atoms in total. The summed E-state index contributed by atoms with van der Waals surface area (Å²) in [5, 5.41) is 29.9. The van der Waals surface area contributed by atoms with E-state index in [-0.39, 0.29) is 11.3 Å². The Bertz CT molecular complexity index is 481. The largest absolute Gasteiger partial charge is 0.507 e. The van der Waals surface area contributed by atoms with Crippen LogP contribution in [0, 0.1) is 6.92 Å². The van der Waals surface area contributed by atoms with Crippen molar-refractivity contribution < 1.29 is 24.9 Å². The molecule has 1 rings (SSSR count). The second kappa shape index (κ2) is 5.05. The van der Waals surface area contributed by atoms with Gasteiger partial charge in [0.15, 0.2) is 5.60 Å². The van der Waals surface area contributed by atoms with Crippen molar-refractivity contribution in [2.45, 2.75) is 19.4 Å². The number of phenolic OH excluding ortho intramolecular Hbond substituents is 1. The van der Waals surface area contributed by atoms with Gasteiger partial charge in [0.1, 0.15) is 5.75 Å². The second-order valence-electron chi connectivity index (χ2n) is 4.28. The van der Waals surface area contributed by atoms with Gasteiger partial charge in [-0.1, -0.05) is 11.6 Å². The van der Waals surface area contributed by atoms with Crippen molar-refractivity contribution in [2.75, 3.05) is 6.54 Å². The molecule has 0 radical (unpaired) electrons. The van der Waals surface area contributed by atoms with Crippen molar-refractivity contribution >= 4 is 11.9 Å². The molecule has 1 aromatic carbocycles. The molecule has 0 bridgehead atoms. The van der Waals surface area contributed by atoms with Crippen LogP contribution in [0.5, 0.6) is 5.75 Å². The Morgan fingerprint density at radius 1 is 1.39 bits per heavy atom. The first kappa shape index (κ1) is 14.0. The summed E-state index contributed by atoms with van der Waals surface area (Å²) in [4.78, 5) is 22.4. The average Bonchev–Trinajstić information content (AvgIpc) is 2.29. The topological polar surface area (TPSA) is 107 Å². The zero-order chi connectivity index (χ0) is 13.9. The van der Waals surface area contributed by atoms with Crippen molar-refractivity contribution in [3.63, 3.8) is 0 Å². The smallest absolute Gasteiger partial charge is 0.337 e. The lowest BCUT2D eigenvalue weighted by molar-refractivity contribution is -0.155. The number of amides is 1. The number of aryl methyl sites for hydroxylation is 1. The molecule has 1 amide bonds. The number of carbonyl (C=O) groups excluding carboxylic acids is 1. The van der Waals surface area contributed by atoms with E-state index in [2.05, 4.69) is 5.32 Å². The van der Waals surface area contributed by atoms with Crippen LogP contribution in [0.3, 0.4) is 0 Å². The number of nitrogens with one attached hydrogen (secondary N) is 1. The van der Waals surface area contributed by atoms with E-state index in [0.29, 0.717) is 0 Å². The zero-order valence-electron chi connectivity index (χ0n) is 10.1. The van der Waals surface area contributed by atoms with Gasteiger partial charge >= 0.3 is 5.97 Å². The number of aliphatic carboxylic acids is 1. The molecular formula is C12H15NO5. The molecule has 0 saturated heterocycles. The number of hydrogen-bond donors (Lipinski definition) is 4. The summed E-state index contributed by atoms with van der Waals surface area (Å²) in [5.41, 5.74) is -1.23. The van der Waals surface area contributed by atoms with Crippen molar-refractivity contribution in [2.24, 2.45) is 0 Å². The third kappa shape index (κ3) is 3.21. The monoisotopic (exact) mass is 253 g/mol. The van der Waals surface area contributed by atoms with Gasteiger partial charge in [0.25, 0.3) is 5.91 Å². The van der Waals surface area contributed by atoms with Crippen LogP contribution in [0.25, 0.3) is 0 Å². The van der Waals surface area contributed by atoms with Crippen LogP contribution < -0.4 is 5.32 Å². The van der Waals surface area contributed by atoms with E-state index in [0.717, 1.165) is 12.5 Å². The number of aliphatic hydroxyl groups is 1. The number of phenols is 1. The van der Waals surface area contributed by atoms with Gasteiger partial charge < -0.3 is 20.6 Å². The summed E-state index contributed by atoms with van der Waals surface area (Å²) in [6.07, 6.45) is 0. The molecule has 0 fully saturated rings. The first-order chi connectivity index (χ1) is 8.24. The van der Waals surface area contributed by atoms with Crippen LogP contribution in [0.4, 0.5) is 0 Å². The van der Waals surface area contributed by atoms with E-state index in [1.54, 1.807) is 13.0 Å². The van der Waals surface area contributed by atoms with Crippen molar-refractivity contribution in [3.05, 3.63) is 29.3 Å². The molecule has 18 heavy (non-hydrogen) atoms.